The van der Waals surface area contributed by atoms with Gasteiger partial charge in [0, 0.05) is 31.0 Å². The number of piperidine rings is 1. The highest BCUT2D eigenvalue weighted by molar-refractivity contribution is 5.37. The van der Waals surface area contributed by atoms with E-state index in [0.29, 0.717) is 17.3 Å². The molecule has 4 heterocycles. The summed E-state index contributed by atoms with van der Waals surface area (Å²) >= 11 is 0. The lowest BCUT2D eigenvalue weighted by molar-refractivity contribution is 0.126. The Hall–Kier alpha value is -2.12. The van der Waals surface area contributed by atoms with Gasteiger partial charge in [0.25, 0.3) is 0 Å². The fraction of sp³-hybridized carbons (Fsp3) is 0.667. The van der Waals surface area contributed by atoms with Gasteiger partial charge in [0.1, 0.15) is 11.9 Å². The number of para-hydroxylation sites is 1. The van der Waals surface area contributed by atoms with Crippen molar-refractivity contribution in [1.82, 2.24) is 15.1 Å². The highest BCUT2D eigenvalue weighted by Gasteiger charge is 2.50. The second-order valence-corrected chi connectivity index (χ2v) is 9.93. The maximum absolute atomic E-state index is 6.32. The average molecular weight is 425 g/mol. The van der Waals surface area contributed by atoms with Gasteiger partial charge in [-0.05, 0) is 62.7 Å². The predicted molar refractivity (Wildman–Crippen MR) is 116 cm³/mol. The molecule has 1 spiro atoms. The summed E-state index contributed by atoms with van der Waals surface area (Å²) in [6.07, 6.45) is 9.03. The summed E-state index contributed by atoms with van der Waals surface area (Å²) in [7, 11) is 0. The van der Waals surface area contributed by atoms with Crippen LogP contribution in [0, 0.1) is 5.41 Å². The third-order valence-corrected chi connectivity index (χ3v) is 7.93. The number of hydrogen-bond acceptors (Lipinski definition) is 7. The van der Waals surface area contributed by atoms with E-state index in [-0.39, 0.29) is 6.10 Å². The maximum Gasteiger partial charge on any atom is 0.317 e. The van der Waals surface area contributed by atoms with E-state index in [1.54, 1.807) is 0 Å². The quantitative estimate of drug-likeness (QED) is 0.728. The molecule has 0 N–H and O–H groups in total. The smallest absolute Gasteiger partial charge is 0.317 e. The Morgan fingerprint density at radius 1 is 1.06 bits per heavy atom. The molecule has 0 unspecified atom stereocenters. The number of aromatic nitrogens is 2. The first-order valence-corrected chi connectivity index (χ1v) is 11.9. The van der Waals surface area contributed by atoms with Crippen LogP contribution in [0.5, 0.6) is 5.75 Å². The summed E-state index contributed by atoms with van der Waals surface area (Å²) in [5.74, 6) is 1.67. The normalized spacial score (nSPS) is 28.8. The summed E-state index contributed by atoms with van der Waals surface area (Å²) in [6.45, 7) is 6.07. The Labute approximate surface area is 183 Å². The largest absolute Gasteiger partial charge is 0.488 e. The van der Waals surface area contributed by atoms with E-state index in [4.69, 9.17) is 13.9 Å². The van der Waals surface area contributed by atoms with Crippen molar-refractivity contribution >= 4 is 6.01 Å². The molecule has 2 atom stereocenters. The minimum absolute atomic E-state index is 0.213. The Balaban J connectivity index is 1.04. The van der Waals surface area contributed by atoms with Crippen LogP contribution in [0.2, 0.25) is 0 Å². The number of rotatable bonds is 5. The van der Waals surface area contributed by atoms with Gasteiger partial charge < -0.3 is 23.7 Å². The van der Waals surface area contributed by atoms with Crippen LogP contribution in [0.25, 0.3) is 0 Å². The predicted octanol–water partition coefficient (Wildman–Crippen LogP) is 3.48. The summed E-state index contributed by atoms with van der Waals surface area (Å²) in [6, 6.07) is 10.1. The topological polar surface area (TPSA) is 63.9 Å². The Bertz CT molecular complexity index is 869. The van der Waals surface area contributed by atoms with Crippen molar-refractivity contribution in [3.8, 4) is 5.75 Å². The van der Waals surface area contributed by atoms with E-state index < -0.39 is 0 Å². The first kappa shape index (κ1) is 19.6. The number of ether oxygens (including phenoxy) is 2. The molecule has 6 rings (SSSR count). The molecule has 7 heteroatoms. The van der Waals surface area contributed by atoms with Gasteiger partial charge in [0.15, 0.2) is 0 Å². The van der Waals surface area contributed by atoms with Crippen LogP contribution >= 0.6 is 0 Å². The summed E-state index contributed by atoms with van der Waals surface area (Å²) < 4.78 is 17.2. The lowest BCUT2D eigenvalue weighted by atomic mass is 9.78. The Morgan fingerprint density at radius 2 is 1.94 bits per heavy atom. The van der Waals surface area contributed by atoms with Gasteiger partial charge in [-0.15, -0.1) is 5.10 Å². The molecule has 1 aromatic carbocycles. The van der Waals surface area contributed by atoms with Gasteiger partial charge in [-0.3, -0.25) is 0 Å². The zero-order valence-electron chi connectivity index (χ0n) is 18.1. The highest BCUT2D eigenvalue weighted by atomic mass is 16.5. The van der Waals surface area contributed by atoms with Gasteiger partial charge in [-0.25, -0.2) is 0 Å². The Morgan fingerprint density at radius 3 is 2.71 bits per heavy atom. The van der Waals surface area contributed by atoms with Gasteiger partial charge >= 0.3 is 6.01 Å². The molecule has 1 aromatic heterocycles. The van der Waals surface area contributed by atoms with Crippen molar-refractivity contribution in [3.05, 3.63) is 36.2 Å². The monoisotopic (exact) mass is 424 g/mol. The fourth-order valence-electron chi connectivity index (χ4n) is 6.27. The van der Waals surface area contributed by atoms with E-state index in [1.165, 1.54) is 57.2 Å². The molecule has 0 amide bonds. The van der Waals surface area contributed by atoms with Crippen molar-refractivity contribution in [1.29, 1.82) is 0 Å². The minimum atomic E-state index is 0.213. The zero-order chi connectivity index (χ0) is 20.7. The van der Waals surface area contributed by atoms with Crippen molar-refractivity contribution in [3.63, 3.8) is 0 Å². The van der Waals surface area contributed by atoms with Crippen molar-refractivity contribution < 1.29 is 13.9 Å². The van der Waals surface area contributed by atoms with Gasteiger partial charge in [0.05, 0.1) is 13.2 Å². The van der Waals surface area contributed by atoms with Crippen LogP contribution in [0.4, 0.5) is 6.01 Å². The fourth-order valence-corrected chi connectivity index (χ4v) is 6.27. The van der Waals surface area contributed by atoms with E-state index >= 15 is 0 Å². The maximum atomic E-state index is 6.32. The second kappa shape index (κ2) is 8.10. The molecule has 4 aliphatic rings. The highest BCUT2D eigenvalue weighted by Crippen LogP contribution is 2.49. The SMILES string of the molecule is c1ccc(C2CCN([C@@H]3CCC4(C3)CN(c3nnco3)C4)CC2)c(O[C@@H]2CCOC2)c1. The number of hydrogen-bond donors (Lipinski definition) is 0. The van der Waals surface area contributed by atoms with E-state index in [9.17, 15) is 0 Å². The van der Waals surface area contributed by atoms with Crippen LogP contribution in [-0.4, -0.2) is 66.6 Å². The number of nitrogens with zero attached hydrogens (tertiary/aromatic N) is 4. The molecule has 0 radical (unpaired) electrons. The first-order valence-electron chi connectivity index (χ1n) is 11.9. The van der Waals surface area contributed by atoms with Gasteiger partial charge in [-0.2, -0.15) is 0 Å². The van der Waals surface area contributed by atoms with E-state index in [1.807, 2.05) is 0 Å². The third-order valence-electron chi connectivity index (χ3n) is 7.93. The lowest BCUT2D eigenvalue weighted by Crippen LogP contribution is -2.56. The standard InChI is InChI=1S/C24H32N4O3/c1-2-4-22(31-20-8-12-29-14-20)21(3-1)18-6-10-27(11-7-18)19-5-9-24(13-19)15-28(16-24)23-26-25-17-30-23/h1-4,17-20H,5-16H2/t19-,20-/m1/s1. The van der Waals surface area contributed by atoms with Gasteiger partial charge in [-0.1, -0.05) is 23.3 Å². The van der Waals surface area contributed by atoms with Crippen LogP contribution in [0.15, 0.2) is 35.1 Å². The molecule has 166 valence electrons. The molecule has 0 bridgehead atoms. The lowest BCUT2D eigenvalue weighted by Gasteiger charge is -2.48. The van der Waals surface area contributed by atoms with Crippen molar-refractivity contribution in [2.45, 2.75) is 56.6 Å². The molecule has 31 heavy (non-hydrogen) atoms. The summed E-state index contributed by atoms with van der Waals surface area (Å²) in [5, 5.41) is 7.87. The molecule has 1 saturated carbocycles. The molecule has 3 aliphatic heterocycles. The number of likely N-dealkylation sites (tertiary alicyclic amines) is 1. The molecule has 7 nitrogen and oxygen atoms in total. The van der Waals surface area contributed by atoms with Crippen molar-refractivity contribution in [2.24, 2.45) is 5.41 Å². The Kier molecular flexibility index (Phi) is 5.11. The molecule has 4 fully saturated rings. The molecule has 2 aromatic rings. The van der Waals surface area contributed by atoms with Gasteiger partial charge in [0.2, 0.25) is 6.39 Å². The van der Waals surface area contributed by atoms with Crippen LogP contribution in [-0.2, 0) is 4.74 Å². The van der Waals surface area contributed by atoms with Crippen LogP contribution in [0.3, 0.4) is 0 Å². The summed E-state index contributed by atoms with van der Waals surface area (Å²) in [5.41, 5.74) is 1.85. The first-order chi connectivity index (χ1) is 15.3. The molecular formula is C24H32N4O3. The van der Waals surface area contributed by atoms with Crippen LogP contribution in [0.1, 0.15) is 50.0 Å². The molecule has 3 saturated heterocycles. The number of anilines is 1. The summed E-state index contributed by atoms with van der Waals surface area (Å²) in [4.78, 5) is 4.99. The zero-order valence-corrected chi connectivity index (χ0v) is 18.1. The van der Waals surface area contributed by atoms with Crippen LogP contribution < -0.4 is 9.64 Å². The number of benzene rings is 1. The molecule has 1 aliphatic carbocycles. The van der Waals surface area contributed by atoms with E-state index in [0.717, 1.165) is 44.5 Å². The van der Waals surface area contributed by atoms with E-state index in [2.05, 4.69) is 44.3 Å². The minimum Gasteiger partial charge on any atom is -0.488 e. The average Bonchev–Trinajstić information content (AvgIpc) is 3.54. The van der Waals surface area contributed by atoms with Crippen molar-refractivity contribution in [2.75, 3.05) is 44.3 Å². The second-order valence-electron chi connectivity index (χ2n) is 9.93. The molecular weight excluding hydrogens is 392 g/mol. The third kappa shape index (κ3) is 3.82.